The van der Waals surface area contributed by atoms with Crippen molar-refractivity contribution < 1.29 is 8.42 Å². The van der Waals surface area contributed by atoms with Gasteiger partial charge >= 0.3 is 0 Å². The Morgan fingerprint density at radius 2 is 2.10 bits per heavy atom. The van der Waals surface area contributed by atoms with Crippen LogP contribution in [0.15, 0.2) is 24.5 Å². The molecular weight excluding hydrogens is 288 g/mol. The first-order chi connectivity index (χ1) is 10.00. The molecule has 0 unspecified atom stereocenters. The standard InChI is InChI=1S/C14H24N4O2S/c1-17(10-4-9-16-14-6-7-14)21(19,20)18(2)12-13-5-3-8-15-11-13/h3,5,8,11,14,16H,4,6-7,9-10,12H2,1-2H3. The average molecular weight is 312 g/mol. The third kappa shape index (κ3) is 5.03. The van der Waals surface area contributed by atoms with Gasteiger partial charge in [0.25, 0.3) is 10.2 Å². The van der Waals surface area contributed by atoms with Crippen LogP contribution in [0.2, 0.25) is 0 Å². The van der Waals surface area contributed by atoms with Crippen molar-refractivity contribution in [3.63, 3.8) is 0 Å². The van der Waals surface area contributed by atoms with Crippen LogP contribution in [0.25, 0.3) is 0 Å². The summed E-state index contributed by atoms with van der Waals surface area (Å²) in [6.45, 7) is 1.73. The van der Waals surface area contributed by atoms with Crippen molar-refractivity contribution in [2.45, 2.75) is 31.8 Å². The summed E-state index contributed by atoms with van der Waals surface area (Å²) in [7, 11) is -0.182. The van der Waals surface area contributed by atoms with Crippen LogP contribution < -0.4 is 5.32 Å². The summed E-state index contributed by atoms with van der Waals surface area (Å²) in [5.41, 5.74) is 0.882. The van der Waals surface area contributed by atoms with Gasteiger partial charge in [-0.2, -0.15) is 17.0 Å². The predicted molar refractivity (Wildman–Crippen MR) is 82.9 cm³/mol. The second kappa shape index (κ2) is 7.31. The summed E-state index contributed by atoms with van der Waals surface area (Å²) in [4.78, 5) is 4.00. The highest BCUT2D eigenvalue weighted by molar-refractivity contribution is 7.86. The van der Waals surface area contributed by atoms with Gasteiger partial charge in [-0.15, -0.1) is 0 Å². The quantitative estimate of drug-likeness (QED) is 0.686. The molecule has 1 aromatic heterocycles. The van der Waals surface area contributed by atoms with Gasteiger partial charge < -0.3 is 5.32 Å². The van der Waals surface area contributed by atoms with Crippen LogP contribution in [0.4, 0.5) is 0 Å². The van der Waals surface area contributed by atoms with Crippen molar-refractivity contribution in [3.05, 3.63) is 30.1 Å². The molecular formula is C14H24N4O2S. The Kier molecular flexibility index (Phi) is 5.69. The molecule has 0 atom stereocenters. The van der Waals surface area contributed by atoms with Crippen LogP contribution in [0.1, 0.15) is 24.8 Å². The summed E-state index contributed by atoms with van der Waals surface area (Å²) in [5.74, 6) is 0. The van der Waals surface area contributed by atoms with Crippen LogP contribution in [0, 0.1) is 0 Å². The third-order valence-corrected chi connectivity index (χ3v) is 5.46. The smallest absolute Gasteiger partial charge is 0.281 e. The molecule has 1 aliphatic rings. The fraction of sp³-hybridized carbons (Fsp3) is 0.643. The van der Waals surface area contributed by atoms with Gasteiger partial charge in [0.15, 0.2) is 0 Å². The Bertz CT molecular complexity index is 531. The van der Waals surface area contributed by atoms with Crippen molar-refractivity contribution in [3.8, 4) is 0 Å². The van der Waals surface area contributed by atoms with Crippen molar-refractivity contribution in [1.82, 2.24) is 18.9 Å². The van der Waals surface area contributed by atoms with E-state index in [1.165, 1.54) is 21.5 Å². The number of pyridine rings is 1. The lowest BCUT2D eigenvalue weighted by atomic mass is 10.3. The summed E-state index contributed by atoms with van der Waals surface area (Å²) in [5, 5.41) is 3.39. The van der Waals surface area contributed by atoms with Gasteiger partial charge in [-0.3, -0.25) is 4.98 Å². The summed E-state index contributed by atoms with van der Waals surface area (Å²) in [6, 6.07) is 4.35. The van der Waals surface area contributed by atoms with E-state index in [0.717, 1.165) is 18.5 Å². The first-order valence-electron chi connectivity index (χ1n) is 7.30. The number of nitrogens with one attached hydrogen (secondary N) is 1. The molecule has 1 N–H and O–H groups in total. The molecule has 1 aromatic rings. The van der Waals surface area contributed by atoms with Gasteiger partial charge in [0.1, 0.15) is 0 Å². The maximum absolute atomic E-state index is 12.4. The highest BCUT2D eigenvalue weighted by Gasteiger charge is 2.24. The van der Waals surface area contributed by atoms with E-state index < -0.39 is 10.2 Å². The van der Waals surface area contributed by atoms with Gasteiger partial charge in [-0.1, -0.05) is 6.07 Å². The largest absolute Gasteiger partial charge is 0.314 e. The molecule has 118 valence electrons. The zero-order valence-electron chi connectivity index (χ0n) is 12.7. The number of rotatable bonds is 9. The van der Waals surface area contributed by atoms with E-state index in [1.807, 2.05) is 12.1 Å². The SMILES string of the molecule is CN(CCCNC1CC1)S(=O)(=O)N(C)Cc1cccnc1. The molecule has 0 spiro atoms. The van der Waals surface area contributed by atoms with Gasteiger partial charge in [-0.25, -0.2) is 0 Å². The predicted octanol–water partition coefficient (Wildman–Crippen LogP) is 0.832. The van der Waals surface area contributed by atoms with Gasteiger partial charge in [0.05, 0.1) is 0 Å². The number of nitrogens with zero attached hydrogens (tertiary/aromatic N) is 3. The van der Waals surface area contributed by atoms with Crippen LogP contribution in [-0.2, 0) is 16.8 Å². The fourth-order valence-corrected chi connectivity index (χ4v) is 3.23. The second-order valence-corrected chi connectivity index (χ2v) is 7.67. The minimum atomic E-state index is -3.41. The van der Waals surface area contributed by atoms with Crippen LogP contribution in [0.5, 0.6) is 0 Å². The first kappa shape index (κ1) is 16.4. The number of aromatic nitrogens is 1. The molecule has 1 saturated carbocycles. The first-order valence-corrected chi connectivity index (χ1v) is 8.70. The lowest BCUT2D eigenvalue weighted by Gasteiger charge is -2.24. The average Bonchev–Trinajstić information content (AvgIpc) is 3.28. The number of hydrogen-bond donors (Lipinski definition) is 1. The molecule has 6 nitrogen and oxygen atoms in total. The highest BCUT2D eigenvalue weighted by Crippen LogP contribution is 2.18. The fourth-order valence-electron chi connectivity index (χ4n) is 2.08. The van der Waals surface area contributed by atoms with Crippen molar-refractivity contribution in [2.75, 3.05) is 27.2 Å². The van der Waals surface area contributed by atoms with Gasteiger partial charge in [0.2, 0.25) is 0 Å². The molecule has 21 heavy (non-hydrogen) atoms. The minimum absolute atomic E-state index is 0.334. The molecule has 1 aliphatic carbocycles. The molecule has 0 amide bonds. The van der Waals surface area contributed by atoms with E-state index in [1.54, 1.807) is 26.5 Å². The maximum atomic E-state index is 12.4. The Morgan fingerprint density at radius 3 is 2.71 bits per heavy atom. The normalized spacial score (nSPS) is 15.8. The molecule has 1 fully saturated rings. The van der Waals surface area contributed by atoms with Crippen LogP contribution in [0.3, 0.4) is 0 Å². The summed E-state index contributed by atoms with van der Waals surface area (Å²) in [6.07, 6.45) is 6.69. The Labute approximate surface area is 127 Å². The Balaban J connectivity index is 1.80. The van der Waals surface area contributed by atoms with E-state index >= 15 is 0 Å². The van der Waals surface area contributed by atoms with Crippen LogP contribution >= 0.6 is 0 Å². The van der Waals surface area contributed by atoms with Gasteiger partial charge in [0, 0.05) is 45.6 Å². The minimum Gasteiger partial charge on any atom is -0.314 e. The molecule has 7 heteroatoms. The molecule has 1 heterocycles. The van der Waals surface area contributed by atoms with Gasteiger partial charge in [-0.05, 0) is 37.4 Å². The number of hydrogen-bond acceptors (Lipinski definition) is 4. The third-order valence-electron chi connectivity index (χ3n) is 3.58. The Morgan fingerprint density at radius 1 is 1.33 bits per heavy atom. The zero-order chi connectivity index (χ0) is 15.3. The highest BCUT2D eigenvalue weighted by atomic mass is 32.2. The van der Waals surface area contributed by atoms with E-state index in [-0.39, 0.29) is 0 Å². The van der Waals surface area contributed by atoms with E-state index in [9.17, 15) is 8.42 Å². The van der Waals surface area contributed by atoms with Crippen molar-refractivity contribution in [2.24, 2.45) is 0 Å². The zero-order valence-corrected chi connectivity index (χ0v) is 13.5. The lowest BCUT2D eigenvalue weighted by molar-refractivity contribution is 0.383. The summed E-state index contributed by atoms with van der Waals surface area (Å²) < 4.78 is 27.5. The summed E-state index contributed by atoms with van der Waals surface area (Å²) >= 11 is 0. The van der Waals surface area contributed by atoms with Crippen molar-refractivity contribution in [1.29, 1.82) is 0 Å². The van der Waals surface area contributed by atoms with E-state index in [2.05, 4.69) is 10.3 Å². The molecule has 0 aliphatic heterocycles. The molecule has 0 radical (unpaired) electrons. The second-order valence-electron chi connectivity index (χ2n) is 5.53. The van der Waals surface area contributed by atoms with E-state index in [4.69, 9.17) is 0 Å². The van der Waals surface area contributed by atoms with E-state index in [0.29, 0.717) is 19.1 Å². The maximum Gasteiger partial charge on any atom is 0.281 e. The molecule has 0 bridgehead atoms. The van der Waals surface area contributed by atoms with Crippen molar-refractivity contribution >= 4 is 10.2 Å². The lowest BCUT2D eigenvalue weighted by Crippen LogP contribution is -2.40. The van der Waals surface area contributed by atoms with Crippen LogP contribution in [-0.4, -0.2) is 55.2 Å². The monoisotopic (exact) mass is 312 g/mol. The topological polar surface area (TPSA) is 65.5 Å². The molecule has 0 saturated heterocycles. The Hall–Kier alpha value is -1.02. The molecule has 2 rings (SSSR count). The molecule has 0 aromatic carbocycles.